The van der Waals surface area contributed by atoms with E-state index in [4.69, 9.17) is 15.3 Å². The minimum atomic E-state index is 0.120. The largest absolute Gasteiger partial charge is 0.374 e. The lowest BCUT2D eigenvalue weighted by atomic mass is 9.97. The molecule has 3 heteroatoms. The molecule has 2 rings (SSSR count). The first-order chi connectivity index (χ1) is 9.83. The zero-order valence-electron chi connectivity index (χ0n) is 11.5. The lowest BCUT2D eigenvalue weighted by Crippen LogP contribution is -2.16. The van der Waals surface area contributed by atoms with Crippen LogP contribution < -0.4 is 0 Å². The van der Waals surface area contributed by atoms with Gasteiger partial charge < -0.3 is 4.74 Å². The van der Waals surface area contributed by atoms with E-state index in [-0.39, 0.29) is 5.57 Å². The molecule has 0 amide bonds. The molecule has 102 valence electrons. The van der Waals surface area contributed by atoms with Crippen LogP contribution in [0.3, 0.4) is 0 Å². The maximum Gasteiger partial charge on any atom is 0.130 e. The van der Waals surface area contributed by atoms with E-state index in [1.165, 1.54) is 19.3 Å². The van der Waals surface area contributed by atoms with Gasteiger partial charge in [0.2, 0.25) is 0 Å². The fourth-order valence-electron chi connectivity index (χ4n) is 2.49. The van der Waals surface area contributed by atoms with Gasteiger partial charge in [-0.1, -0.05) is 43.5 Å². The first-order valence-electron chi connectivity index (χ1n) is 7.05. The summed E-state index contributed by atoms with van der Waals surface area (Å²) in [5.41, 5.74) is 2.04. The Morgan fingerprint density at radius 3 is 2.55 bits per heavy atom. The molecule has 1 fully saturated rings. The molecule has 0 radical (unpaired) electrons. The third-order valence-corrected chi connectivity index (χ3v) is 3.62. The molecule has 1 aliphatic rings. The summed E-state index contributed by atoms with van der Waals surface area (Å²) in [7, 11) is 0. The summed E-state index contributed by atoms with van der Waals surface area (Å²) in [6.45, 7) is 0.543. The van der Waals surface area contributed by atoms with E-state index in [0.29, 0.717) is 12.7 Å². The molecule has 1 aliphatic carbocycles. The van der Waals surface area contributed by atoms with E-state index in [2.05, 4.69) is 0 Å². The third-order valence-electron chi connectivity index (χ3n) is 3.62. The molecule has 0 atom stereocenters. The van der Waals surface area contributed by atoms with Crippen LogP contribution in [0.15, 0.2) is 29.8 Å². The first-order valence-corrected chi connectivity index (χ1v) is 7.05. The van der Waals surface area contributed by atoms with Crippen LogP contribution >= 0.6 is 0 Å². The van der Waals surface area contributed by atoms with Crippen LogP contribution in [0.4, 0.5) is 0 Å². The van der Waals surface area contributed by atoms with Crippen LogP contribution in [0.25, 0.3) is 6.08 Å². The summed E-state index contributed by atoms with van der Waals surface area (Å²) in [6.07, 6.45) is 8.07. The number of rotatable bonds is 4. The van der Waals surface area contributed by atoms with Crippen molar-refractivity contribution < 1.29 is 4.74 Å². The van der Waals surface area contributed by atoms with Crippen LogP contribution in [-0.2, 0) is 11.3 Å². The minimum Gasteiger partial charge on any atom is -0.374 e. The fraction of sp³-hybridized carbons (Fsp3) is 0.412. The highest BCUT2D eigenvalue weighted by atomic mass is 16.5. The molecule has 0 bridgehead atoms. The van der Waals surface area contributed by atoms with Crippen molar-refractivity contribution in [3.05, 3.63) is 41.0 Å². The van der Waals surface area contributed by atoms with Crippen molar-refractivity contribution in [3.8, 4) is 12.1 Å². The fourth-order valence-corrected chi connectivity index (χ4v) is 2.49. The van der Waals surface area contributed by atoms with E-state index >= 15 is 0 Å². The van der Waals surface area contributed by atoms with Gasteiger partial charge in [-0.05, 0) is 30.0 Å². The van der Waals surface area contributed by atoms with Gasteiger partial charge in [-0.2, -0.15) is 10.5 Å². The van der Waals surface area contributed by atoms with Crippen LogP contribution in [0.2, 0.25) is 0 Å². The number of hydrogen-bond acceptors (Lipinski definition) is 3. The molecule has 20 heavy (non-hydrogen) atoms. The molecular weight excluding hydrogens is 248 g/mol. The third kappa shape index (κ3) is 3.95. The first kappa shape index (κ1) is 14.3. The Balaban J connectivity index is 2.06. The smallest absolute Gasteiger partial charge is 0.130 e. The predicted octanol–water partition coefficient (Wildman–Crippen LogP) is 3.97. The van der Waals surface area contributed by atoms with Crippen molar-refractivity contribution in [1.82, 2.24) is 0 Å². The minimum absolute atomic E-state index is 0.120. The second-order valence-electron chi connectivity index (χ2n) is 5.05. The zero-order valence-corrected chi connectivity index (χ0v) is 11.5. The average Bonchev–Trinajstić information content (AvgIpc) is 2.52. The Morgan fingerprint density at radius 1 is 1.15 bits per heavy atom. The molecule has 0 heterocycles. The number of hydrogen-bond donors (Lipinski definition) is 0. The van der Waals surface area contributed by atoms with E-state index < -0.39 is 0 Å². The molecule has 1 aromatic carbocycles. The molecule has 0 aliphatic heterocycles. The van der Waals surface area contributed by atoms with Gasteiger partial charge in [0.15, 0.2) is 0 Å². The summed E-state index contributed by atoms with van der Waals surface area (Å²) in [6, 6.07) is 11.5. The highest BCUT2D eigenvalue weighted by Crippen LogP contribution is 2.22. The van der Waals surface area contributed by atoms with E-state index in [0.717, 1.165) is 24.0 Å². The maximum absolute atomic E-state index is 8.84. The summed E-state index contributed by atoms with van der Waals surface area (Å²) in [5, 5.41) is 17.7. The van der Waals surface area contributed by atoms with E-state index in [1.807, 2.05) is 36.4 Å². The number of nitrogens with zero attached hydrogens (tertiary/aromatic N) is 2. The highest BCUT2D eigenvalue weighted by Gasteiger charge is 2.14. The van der Waals surface area contributed by atoms with Crippen LogP contribution in [-0.4, -0.2) is 6.10 Å². The Hall–Kier alpha value is -2.10. The van der Waals surface area contributed by atoms with Crippen LogP contribution in [0.5, 0.6) is 0 Å². The second-order valence-corrected chi connectivity index (χ2v) is 5.05. The van der Waals surface area contributed by atoms with Crippen LogP contribution in [0.1, 0.15) is 43.2 Å². The SMILES string of the molecule is N#CC(C#N)=Cc1ccccc1COC1CCCCC1. The Morgan fingerprint density at radius 2 is 1.85 bits per heavy atom. The Labute approximate surface area is 120 Å². The van der Waals surface area contributed by atoms with Gasteiger partial charge >= 0.3 is 0 Å². The van der Waals surface area contributed by atoms with Gasteiger partial charge in [-0.15, -0.1) is 0 Å². The normalized spacial score (nSPS) is 15.1. The van der Waals surface area contributed by atoms with Gasteiger partial charge in [0.1, 0.15) is 17.7 Å². The highest BCUT2D eigenvalue weighted by molar-refractivity contribution is 5.64. The van der Waals surface area contributed by atoms with Crippen molar-refractivity contribution in [3.63, 3.8) is 0 Å². The quantitative estimate of drug-likeness (QED) is 0.775. The van der Waals surface area contributed by atoms with Crippen LogP contribution in [0, 0.1) is 22.7 Å². The topological polar surface area (TPSA) is 56.8 Å². The van der Waals surface area contributed by atoms with E-state index in [9.17, 15) is 0 Å². The van der Waals surface area contributed by atoms with Gasteiger partial charge in [0.05, 0.1) is 12.7 Å². The molecule has 0 unspecified atom stereocenters. The van der Waals surface area contributed by atoms with Crippen molar-refractivity contribution in [2.45, 2.75) is 44.8 Å². The summed E-state index contributed by atoms with van der Waals surface area (Å²) in [4.78, 5) is 0. The molecule has 0 spiro atoms. The lowest BCUT2D eigenvalue weighted by Gasteiger charge is -2.22. The number of ether oxygens (including phenoxy) is 1. The summed E-state index contributed by atoms with van der Waals surface area (Å²) >= 11 is 0. The van der Waals surface area contributed by atoms with Gasteiger partial charge in [0.25, 0.3) is 0 Å². The van der Waals surface area contributed by atoms with E-state index in [1.54, 1.807) is 6.08 Å². The Kier molecular flexibility index (Phi) is 5.35. The second kappa shape index (κ2) is 7.48. The van der Waals surface area contributed by atoms with Crippen molar-refractivity contribution in [1.29, 1.82) is 10.5 Å². The van der Waals surface area contributed by atoms with Gasteiger partial charge in [0, 0.05) is 0 Å². The molecule has 1 saturated carbocycles. The van der Waals surface area contributed by atoms with Gasteiger partial charge in [-0.25, -0.2) is 0 Å². The van der Waals surface area contributed by atoms with Gasteiger partial charge in [-0.3, -0.25) is 0 Å². The monoisotopic (exact) mass is 266 g/mol. The lowest BCUT2D eigenvalue weighted by molar-refractivity contribution is 0.0168. The summed E-state index contributed by atoms with van der Waals surface area (Å²) in [5.74, 6) is 0. The molecule has 0 aromatic heterocycles. The number of allylic oxidation sites excluding steroid dienone is 1. The predicted molar refractivity (Wildman–Crippen MR) is 77.3 cm³/mol. The average molecular weight is 266 g/mol. The molecule has 0 saturated heterocycles. The van der Waals surface area contributed by atoms with Crippen molar-refractivity contribution in [2.24, 2.45) is 0 Å². The maximum atomic E-state index is 8.84. The number of benzene rings is 1. The van der Waals surface area contributed by atoms with Crippen molar-refractivity contribution >= 4 is 6.08 Å². The van der Waals surface area contributed by atoms with Crippen molar-refractivity contribution in [2.75, 3.05) is 0 Å². The summed E-state index contributed by atoms with van der Waals surface area (Å²) < 4.78 is 5.96. The molecule has 0 N–H and O–H groups in total. The zero-order chi connectivity index (χ0) is 14.2. The molecular formula is C17H18N2O. The Bertz CT molecular complexity index is 541. The number of nitriles is 2. The molecule has 1 aromatic rings. The molecule has 3 nitrogen and oxygen atoms in total. The standard InChI is InChI=1S/C17H18N2O/c18-11-14(12-19)10-15-6-4-5-7-16(15)13-20-17-8-2-1-3-9-17/h4-7,10,17H,1-3,8-9,13H2.